The van der Waals surface area contributed by atoms with Crippen molar-refractivity contribution in [1.82, 2.24) is 10.3 Å². The van der Waals surface area contributed by atoms with Crippen molar-refractivity contribution in [2.45, 2.75) is 19.4 Å². The van der Waals surface area contributed by atoms with E-state index < -0.39 is 0 Å². The lowest BCUT2D eigenvalue weighted by Crippen LogP contribution is -2.23. The van der Waals surface area contributed by atoms with Crippen LogP contribution in [0.15, 0.2) is 41.0 Å². The number of hydrogen-bond donors (Lipinski definition) is 2. The van der Waals surface area contributed by atoms with E-state index in [1.54, 1.807) is 6.20 Å². The van der Waals surface area contributed by atoms with Crippen molar-refractivity contribution in [2.75, 3.05) is 12.3 Å². The summed E-state index contributed by atoms with van der Waals surface area (Å²) in [7, 11) is 0. The number of halogens is 2. The molecule has 1 heterocycles. The predicted octanol–water partition coefficient (Wildman–Crippen LogP) is 3.97. The van der Waals surface area contributed by atoms with Gasteiger partial charge >= 0.3 is 0 Å². The molecule has 106 valence electrons. The van der Waals surface area contributed by atoms with Crippen LogP contribution in [0.5, 0.6) is 0 Å². The first-order valence-corrected chi connectivity index (χ1v) is 7.66. The van der Waals surface area contributed by atoms with E-state index in [1.165, 1.54) is 5.56 Å². The highest BCUT2D eigenvalue weighted by molar-refractivity contribution is 9.10. The largest absolute Gasteiger partial charge is 0.384 e. The Bertz CT molecular complexity index is 589. The Hall–Kier alpha value is -1.10. The lowest BCUT2D eigenvalue weighted by molar-refractivity contribution is 0.549. The van der Waals surface area contributed by atoms with Gasteiger partial charge in [0.1, 0.15) is 5.82 Å². The highest BCUT2D eigenvalue weighted by Gasteiger charge is 2.13. The molecule has 3 N–H and O–H groups in total. The Morgan fingerprint density at radius 3 is 2.80 bits per heavy atom. The number of aromatic nitrogens is 1. The maximum Gasteiger partial charge on any atom is 0.123 e. The van der Waals surface area contributed by atoms with E-state index in [0.717, 1.165) is 28.0 Å². The normalized spacial score (nSPS) is 12.3. The molecule has 0 amide bonds. The number of nitrogens with zero attached hydrogens (tertiary/aromatic N) is 1. The molecule has 1 aromatic carbocycles. The summed E-state index contributed by atoms with van der Waals surface area (Å²) < 4.78 is 0.911. The Morgan fingerprint density at radius 2 is 2.15 bits per heavy atom. The highest BCUT2D eigenvalue weighted by Crippen LogP contribution is 2.27. The Labute approximate surface area is 132 Å². The van der Waals surface area contributed by atoms with Crippen LogP contribution in [-0.4, -0.2) is 11.5 Å². The second-order valence-corrected chi connectivity index (χ2v) is 5.84. The van der Waals surface area contributed by atoms with Gasteiger partial charge in [-0.15, -0.1) is 0 Å². The fourth-order valence-electron chi connectivity index (χ4n) is 2.14. The molecular weight excluding hydrogens is 338 g/mol. The first-order valence-electron chi connectivity index (χ1n) is 6.49. The van der Waals surface area contributed by atoms with Gasteiger partial charge in [-0.05, 0) is 64.3 Å². The van der Waals surface area contributed by atoms with Crippen molar-refractivity contribution in [3.05, 3.63) is 57.2 Å². The van der Waals surface area contributed by atoms with Gasteiger partial charge in [-0.3, -0.25) is 0 Å². The molecule has 1 atom stereocenters. The van der Waals surface area contributed by atoms with Gasteiger partial charge in [-0.2, -0.15) is 0 Å². The fraction of sp³-hybridized carbons (Fsp3) is 0.267. The molecule has 2 aromatic rings. The Kier molecular flexibility index (Phi) is 5.40. The Morgan fingerprint density at radius 1 is 1.35 bits per heavy atom. The standard InChI is InChI=1S/C15H17BrClN3/c1-2-19-14(7-10-5-6-20-15(18)8-10)11-3-4-13(17)12(16)9-11/h3-6,8-9,14,19H,2,7H2,1H3,(H2,18,20). The lowest BCUT2D eigenvalue weighted by atomic mass is 9.99. The van der Waals surface area contributed by atoms with Gasteiger partial charge in [0.2, 0.25) is 0 Å². The van der Waals surface area contributed by atoms with Crippen LogP contribution >= 0.6 is 27.5 Å². The topological polar surface area (TPSA) is 50.9 Å². The molecule has 0 spiro atoms. The first kappa shape index (κ1) is 15.3. The minimum absolute atomic E-state index is 0.218. The van der Waals surface area contributed by atoms with E-state index >= 15 is 0 Å². The van der Waals surface area contributed by atoms with Gasteiger partial charge in [0, 0.05) is 16.7 Å². The van der Waals surface area contributed by atoms with E-state index in [-0.39, 0.29) is 6.04 Å². The van der Waals surface area contributed by atoms with Crippen LogP contribution in [0.4, 0.5) is 5.82 Å². The summed E-state index contributed by atoms with van der Waals surface area (Å²) in [5.41, 5.74) is 8.09. The number of likely N-dealkylation sites (N-methyl/N-ethyl adjacent to an activating group) is 1. The van der Waals surface area contributed by atoms with E-state index in [9.17, 15) is 0 Å². The van der Waals surface area contributed by atoms with Crippen molar-refractivity contribution in [3.8, 4) is 0 Å². The molecule has 20 heavy (non-hydrogen) atoms. The number of rotatable bonds is 5. The van der Waals surface area contributed by atoms with Crippen molar-refractivity contribution in [3.63, 3.8) is 0 Å². The van der Waals surface area contributed by atoms with Crippen LogP contribution in [0.1, 0.15) is 24.1 Å². The molecule has 0 aliphatic rings. The second-order valence-electron chi connectivity index (χ2n) is 4.58. The number of nitrogens with one attached hydrogen (secondary N) is 1. The van der Waals surface area contributed by atoms with Gasteiger partial charge < -0.3 is 11.1 Å². The number of anilines is 1. The average molecular weight is 355 g/mol. The average Bonchev–Trinajstić information content (AvgIpc) is 2.41. The summed E-state index contributed by atoms with van der Waals surface area (Å²) in [5, 5.41) is 4.21. The quantitative estimate of drug-likeness (QED) is 0.854. The van der Waals surface area contributed by atoms with E-state index in [0.29, 0.717) is 5.82 Å². The third kappa shape index (κ3) is 3.95. The molecule has 0 fully saturated rings. The third-order valence-corrected chi connectivity index (χ3v) is 4.30. The van der Waals surface area contributed by atoms with Gasteiger partial charge in [-0.1, -0.05) is 24.6 Å². The van der Waals surface area contributed by atoms with Crippen LogP contribution in [0.2, 0.25) is 5.02 Å². The molecule has 1 aromatic heterocycles. The van der Waals surface area contributed by atoms with Gasteiger partial charge in [0.15, 0.2) is 0 Å². The minimum Gasteiger partial charge on any atom is -0.384 e. The molecule has 0 aliphatic heterocycles. The van der Waals surface area contributed by atoms with Crippen LogP contribution in [0.25, 0.3) is 0 Å². The van der Waals surface area contributed by atoms with Crippen molar-refractivity contribution >= 4 is 33.3 Å². The molecule has 0 radical (unpaired) electrons. The summed E-state index contributed by atoms with van der Waals surface area (Å²) in [5.74, 6) is 0.551. The SMILES string of the molecule is CCNC(Cc1ccnc(N)c1)c1ccc(Cl)c(Br)c1. The molecule has 0 saturated heterocycles. The molecule has 3 nitrogen and oxygen atoms in total. The highest BCUT2D eigenvalue weighted by atomic mass is 79.9. The molecule has 0 bridgehead atoms. The third-order valence-electron chi connectivity index (χ3n) is 3.08. The molecule has 1 unspecified atom stereocenters. The van der Waals surface area contributed by atoms with E-state index in [1.807, 2.05) is 24.3 Å². The zero-order valence-electron chi connectivity index (χ0n) is 11.2. The summed E-state index contributed by atoms with van der Waals surface area (Å²) in [6.45, 7) is 2.99. The van der Waals surface area contributed by atoms with Gasteiger partial charge in [0.05, 0.1) is 5.02 Å². The summed E-state index contributed by atoms with van der Waals surface area (Å²) >= 11 is 9.52. The maximum atomic E-state index is 6.05. The van der Waals surface area contributed by atoms with Crippen LogP contribution < -0.4 is 11.1 Å². The summed E-state index contributed by atoms with van der Waals surface area (Å²) in [6.07, 6.45) is 2.60. The van der Waals surface area contributed by atoms with Crippen molar-refractivity contribution in [1.29, 1.82) is 0 Å². The zero-order chi connectivity index (χ0) is 14.5. The summed E-state index contributed by atoms with van der Waals surface area (Å²) in [6, 6.07) is 10.1. The molecular formula is C15H17BrClN3. The van der Waals surface area contributed by atoms with Crippen LogP contribution in [-0.2, 0) is 6.42 Å². The number of pyridine rings is 1. The monoisotopic (exact) mass is 353 g/mol. The number of hydrogen-bond acceptors (Lipinski definition) is 3. The van der Waals surface area contributed by atoms with Gasteiger partial charge in [-0.25, -0.2) is 4.98 Å². The minimum atomic E-state index is 0.218. The molecule has 2 rings (SSSR count). The van der Waals surface area contributed by atoms with Crippen molar-refractivity contribution in [2.24, 2.45) is 0 Å². The predicted molar refractivity (Wildman–Crippen MR) is 87.9 cm³/mol. The first-order chi connectivity index (χ1) is 9.60. The number of nitrogen functional groups attached to an aromatic ring is 1. The molecule has 5 heteroatoms. The van der Waals surface area contributed by atoms with Crippen LogP contribution in [0, 0.1) is 0 Å². The fourth-order valence-corrected chi connectivity index (χ4v) is 2.65. The van der Waals surface area contributed by atoms with Crippen LogP contribution in [0.3, 0.4) is 0 Å². The maximum absolute atomic E-state index is 6.05. The Balaban J connectivity index is 2.24. The van der Waals surface area contributed by atoms with E-state index in [4.69, 9.17) is 17.3 Å². The smallest absolute Gasteiger partial charge is 0.123 e. The van der Waals surface area contributed by atoms with Crippen molar-refractivity contribution < 1.29 is 0 Å². The number of nitrogens with two attached hydrogens (primary N) is 1. The van der Waals surface area contributed by atoms with Gasteiger partial charge in [0.25, 0.3) is 0 Å². The molecule has 0 saturated carbocycles. The lowest BCUT2D eigenvalue weighted by Gasteiger charge is -2.19. The summed E-state index contributed by atoms with van der Waals surface area (Å²) in [4.78, 5) is 4.02. The second kappa shape index (κ2) is 7.07. The number of benzene rings is 1. The van der Waals surface area contributed by atoms with E-state index in [2.05, 4.69) is 39.2 Å². The zero-order valence-corrected chi connectivity index (χ0v) is 13.6. The molecule has 0 aliphatic carbocycles.